The van der Waals surface area contributed by atoms with Gasteiger partial charge in [0, 0.05) is 40.3 Å². The molecule has 0 bridgehead atoms. The number of allylic oxidation sites excluding steroid dienone is 4. The molecule has 1 aliphatic heterocycles. The quantitative estimate of drug-likeness (QED) is 0.825. The molecule has 0 radical (unpaired) electrons. The van der Waals surface area contributed by atoms with Crippen LogP contribution in [0, 0.1) is 5.82 Å². The summed E-state index contributed by atoms with van der Waals surface area (Å²) in [5, 5.41) is 3.11. The smallest absolute Gasteiger partial charge is 0.210 e. The molecule has 138 valence electrons. The Kier molecular flexibility index (Phi) is 3.66. The van der Waals surface area contributed by atoms with Gasteiger partial charge in [-0.2, -0.15) is 0 Å². The Labute approximate surface area is 160 Å². The first-order chi connectivity index (χ1) is 13.6. The fourth-order valence-corrected chi connectivity index (χ4v) is 4.41. The molecule has 2 aromatic rings. The highest BCUT2D eigenvalue weighted by Gasteiger charge is 2.44. The number of hydrogen-bond donors (Lipinski definition) is 1. The first-order valence-electron chi connectivity index (χ1n) is 9.27. The predicted molar refractivity (Wildman–Crippen MR) is 100 cm³/mol. The molecule has 1 atom stereocenters. The molecule has 2 aromatic carbocycles. The van der Waals surface area contributed by atoms with Gasteiger partial charge in [0.1, 0.15) is 5.82 Å². The number of Topliss-reactive ketones (excluding diaryl/α,β-unsaturated/α-hetero) is 3. The number of ketones is 3. The molecule has 0 saturated carbocycles. The molecule has 0 spiro atoms. The van der Waals surface area contributed by atoms with Gasteiger partial charge in [0.15, 0.2) is 11.6 Å². The summed E-state index contributed by atoms with van der Waals surface area (Å²) in [5.74, 6) is -1.61. The van der Waals surface area contributed by atoms with E-state index < -0.39 is 11.7 Å². The van der Waals surface area contributed by atoms with Crippen molar-refractivity contribution < 1.29 is 18.8 Å². The van der Waals surface area contributed by atoms with E-state index in [2.05, 4.69) is 5.32 Å². The lowest BCUT2D eigenvalue weighted by Gasteiger charge is -2.36. The highest BCUT2D eigenvalue weighted by atomic mass is 19.1. The molecule has 1 heterocycles. The number of benzene rings is 2. The monoisotopic (exact) mass is 373 g/mol. The van der Waals surface area contributed by atoms with Crippen LogP contribution in [0.5, 0.6) is 0 Å². The Morgan fingerprint density at radius 1 is 0.821 bits per heavy atom. The maximum absolute atomic E-state index is 13.5. The molecular weight excluding hydrogens is 357 g/mol. The highest BCUT2D eigenvalue weighted by molar-refractivity contribution is 6.28. The third-order valence-corrected chi connectivity index (χ3v) is 5.67. The van der Waals surface area contributed by atoms with Gasteiger partial charge in [0.05, 0.1) is 5.70 Å². The largest absolute Gasteiger partial charge is 0.355 e. The summed E-state index contributed by atoms with van der Waals surface area (Å²) in [6.45, 7) is 0. The Bertz CT molecular complexity index is 1120. The summed E-state index contributed by atoms with van der Waals surface area (Å²) in [6, 6.07) is 12.5. The number of hydrogen-bond acceptors (Lipinski definition) is 4. The van der Waals surface area contributed by atoms with Crippen molar-refractivity contribution in [3.63, 3.8) is 0 Å². The second-order valence-corrected chi connectivity index (χ2v) is 7.27. The van der Waals surface area contributed by atoms with Crippen LogP contribution in [-0.4, -0.2) is 17.3 Å². The second-order valence-electron chi connectivity index (χ2n) is 7.27. The first-order valence-corrected chi connectivity index (χ1v) is 9.27. The van der Waals surface area contributed by atoms with Crippen molar-refractivity contribution in [1.29, 1.82) is 0 Å². The van der Waals surface area contributed by atoms with Crippen LogP contribution in [0.15, 0.2) is 71.1 Å². The van der Waals surface area contributed by atoms with E-state index in [0.29, 0.717) is 47.2 Å². The van der Waals surface area contributed by atoms with Gasteiger partial charge in [-0.3, -0.25) is 14.4 Å². The highest BCUT2D eigenvalue weighted by Crippen LogP contribution is 2.45. The zero-order valence-corrected chi connectivity index (χ0v) is 14.9. The van der Waals surface area contributed by atoms with E-state index in [1.807, 2.05) is 0 Å². The predicted octanol–water partition coefficient (Wildman–Crippen LogP) is 3.85. The van der Waals surface area contributed by atoms with Crippen molar-refractivity contribution in [2.24, 2.45) is 0 Å². The number of dihydropyridines is 1. The van der Waals surface area contributed by atoms with E-state index in [1.54, 1.807) is 36.4 Å². The number of carbonyl (C=O) groups excluding carboxylic acids is 3. The van der Waals surface area contributed by atoms with E-state index in [1.165, 1.54) is 12.1 Å². The molecule has 28 heavy (non-hydrogen) atoms. The van der Waals surface area contributed by atoms with E-state index in [9.17, 15) is 18.8 Å². The average Bonchev–Trinajstić information content (AvgIpc) is 2.71. The molecule has 0 fully saturated rings. The van der Waals surface area contributed by atoms with Gasteiger partial charge in [-0.25, -0.2) is 4.39 Å². The van der Waals surface area contributed by atoms with Crippen molar-refractivity contribution in [3.8, 4) is 0 Å². The summed E-state index contributed by atoms with van der Waals surface area (Å²) in [5.41, 5.74) is 3.09. The van der Waals surface area contributed by atoms with Crippen LogP contribution in [0.25, 0.3) is 0 Å². The molecule has 5 heteroatoms. The minimum Gasteiger partial charge on any atom is -0.355 e. The normalized spacial score (nSPS) is 21.2. The van der Waals surface area contributed by atoms with Gasteiger partial charge >= 0.3 is 0 Å². The lowest BCUT2D eigenvalue weighted by Crippen LogP contribution is -2.40. The lowest BCUT2D eigenvalue weighted by molar-refractivity contribution is -0.116. The van der Waals surface area contributed by atoms with Crippen LogP contribution in [0.1, 0.15) is 51.5 Å². The van der Waals surface area contributed by atoms with Gasteiger partial charge < -0.3 is 5.32 Å². The van der Waals surface area contributed by atoms with Crippen molar-refractivity contribution in [1.82, 2.24) is 5.32 Å². The van der Waals surface area contributed by atoms with E-state index >= 15 is 0 Å². The van der Waals surface area contributed by atoms with Crippen LogP contribution < -0.4 is 5.32 Å². The molecule has 3 aliphatic rings. The maximum Gasteiger partial charge on any atom is 0.210 e. The standard InChI is InChI=1S/C23H16FNO3/c24-13-10-8-12(9-11-13)18-19-16(6-3-7-17(19)26)25-21-20(18)22(27)14-4-1-2-5-15(14)23(21)28/h1-2,4-5,8-11,18,25H,3,6-7H2. The Hall–Kier alpha value is -3.34. The summed E-state index contributed by atoms with van der Waals surface area (Å²) in [4.78, 5) is 39.3. The SMILES string of the molecule is O=C1CCCC2=C1C(c1ccc(F)cc1)C1=C(N2)C(=O)c2ccccc2C1=O. The third kappa shape index (κ3) is 2.32. The van der Waals surface area contributed by atoms with Crippen LogP contribution >= 0.6 is 0 Å². The Morgan fingerprint density at radius 2 is 1.50 bits per heavy atom. The number of nitrogens with one attached hydrogen (secondary N) is 1. The molecule has 5 rings (SSSR count). The zero-order valence-electron chi connectivity index (χ0n) is 14.9. The van der Waals surface area contributed by atoms with Crippen LogP contribution in [0.2, 0.25) is 0 Å². The molecule has 1 unspecified atom stereocenters. The Morgan fingerprint density at radius 3 is 2.21 bits per heavy atom. The molecule has 0 amide bonds. The summed E-state index contributed by atoms with van der Waals surface area (Å²) < 4.78 is 13.5. The topological polar surface area (TPSA) is 63.2 Å². The number of fused-ring (bicyclic) bond motifs is 1. The third-order valence-electron chi connectivity index (χ3n) is 5.67. The molecule has 0 aromatic heterocycles. The average molecular weight is 373 g/mol. The van der Waals surface area contributed by atoms with E-state index in [4.69, 9.17) is 0 Å². The van der Waals surface area contributed by atoms with Crippen LogP contribution in [0.3, 0.4) is 0 Å². The summed E-state index contributed by atoms with van der Waals surface area (Å²) in [7, 11) is 0. The second kappa shape index (κ2) is 6.09. The fourth-order valence-electron chi connectivity index (χ4n) is 4.41. The van der Waals surface area contributed by atoms with Gasteiger partial charge in [0.25, 0.3) is 0 Å². The molecule has 1 N–H and O–H groups in total. The summed E-state index contributed by atoms with van der Waals surface area (Å²) >= 11 is 0. The Balaban J connectivity index is 1.76. The molecule has 0 saturated heterocycles. The van der Waals surface area contributed by atoms with Gasteiger partial charge in [-0.1, -0.05) is 36.4 Å². The van der Waals surface area contributed by atoms with E-state index in [-0.39, 0.29) is 28.6 Å². The van der Waals surface area contributed by atoms with Crippen LogP contribution in [-0.2, 0) is 4.79 Å². The maximum atomic E-state index is 13.5. The molecule has 4 nitrogen and oxygen atoms in total. The van der Waals surface area contributed by atoms with Crippen molar-refractivity contribution in [2.45, 2.75) is 25.2 Å². The lowest BCUT2D eigenvalue weighted by atomic mass is 9.70. The van der Waals surface area contributed by atoms with Crippen molar-refractivity contribution >= 4 is 17.3 Å². The molecule has 2 aliphatic carbocycles. The first kappa shape index (κ1) is 16.8. The van der Waals surface area contributed by atoms with Crippen molar-refractivity contribution in [2.75, 3.05) is 0 Å². The zero-order chi connectivity index (χ0) is 19.4. The van der Waals surface area contributed by atoms with E-state index in [0.717, 1.165) is 0 Å². The minimum atomic E-state index is -0.663. The van der Waals surface area contributed by atoms with Crippen LogP contribution in [0.4, 0.5) is 4.39 Å². The minimum absolute atomic E-state index is 0.0336. The number of carbonyl (C=O) groups is 3. The number of rotatable bonds is 1. The summed E-state index contributed by atoms with van der Waals surface area (Å²) in [6.07, 6.45) is 1.74. The van der Waals surface area contributed by atoms with Gasteiger partial charge in [-0.05, 0) is 30.5 Å². The van der Waals surface area contributed by atoms with Gasteiger partial charge in [0.2, 0.25) is 5.78 Å². The number of halogens is 1. The fraction of sp³-hybridized carbons (Fsp3) is 0.174. The van der Waals surface area contributed by atoms with Crippen molar-refractivity contribution in [3.05, 3.63) is 93.6 Å². The van der Waals surface area contributed by atoms with Gasteiger partial charge in [-0.15, -0.1) is 0 Å². The molecular formula is C23H16FNO3.